The van der Waals surface area contributed by atoms with Gasteiger partial charge in [0.15, 0.2) is 0 Å². The number of carbonyl (C=O) groups is 1. The molecule has 0 saturated heterocycles. The van der Waals surface area contributed by atoms with Crippen molar-refractivity contribution in [2.24, 2.45) is 7.05 Å². The first-order chi connectivity index (χ1) is 9.04. The van der Waals surface area contributed by atoms with Crippen LogP contribution in [0.2, 0.25) is 5.02 Å². The molecule has 2 aromatic rings. The van der Waals surface area contributed by atoms with Crippen molar-refractivity contribution in [1.29, 1.82) is 0 Å². The molecular formula is C12H16ClN5O. The van der Waals surface area contributed by atoms with Gasteiger partial charge >= 0.3 is 0 Å². The van der Waals surface area contributed by atoms with Gasteiger partial charge < -0.3 is 5.32 Å². The van der Waals surface area contributed by atoms with Crippen LogP contribution in [-0.2, 0) is 24.9 Å². The number of hydrogen-bond donors (Lipinski definition) is 1. The van der Waals surface area contributed by atoms with E-state index in [1.165, 1.54) is 0 Å². The number of hydrogen-bond acceptors (Lipinski definition) is 3. The maximum Gasteiger partial charge on any atom is 0.222 e. The molecule has 0 spiro atoms. The van der Waals surface area contributed by atoms with Gasteiger partial charge in [-0.15, -0.1) is 0 Å². The monoisotopic (exact) mass is 281 g/mol. The Hall–Kier alpha value is -1.82. The third-order valence-corrected chi connectivity index (χ3v) is 3.00. The van der Waals surface area contributed by atoms with Crippen molar-refractivity contribution in [2.75, 3.05) is 0 Å². The molecule has 102 valence electrons. The molecule has 1 N–H and O–H groups in total. The van der Waals surface area contributed by atoms with Gasteiger partial charge in [-0.3, -0.25) is 14.2 Å². The number of nitrogens with one attached hydrogen (secondary N) is 1. The van der Waals surface area contributed by atoms with E-state index in [4.69, 9.17) is 11.6 Å². The lowest BCUT2D eigenvalue weighted by molar-refractivity contribution is -0.121. The van der Waals surface area contributed by atoms with Crippen molar-refractivity contribution in [3.05, 3.63) is 34.9 Å². The number of halogens is 1. The molecule has 2 aromatic heterocycles. The summed E-state index contributed by atoms with van der Waals surface area (Å²) < 4.78 is 3.43. The van der Waals surface area contributed by atoms with E-state index in [1.54, 1.807) is 21.8 Å². The molecule has 0 fully saturated rings. The Labute approximate surface area is 116 Å². The lowest BCUT2D eigenvalue weighted by Crippen LogP contribution is -2.24. The molecule has 0 aliphatic rings. The van der Waals surface area contributed by atoms with Gasteiger partial charge in [-0.1, -0.05) is 11.6 Å². The molecule has 0 aliphatic heterocycles. The van der Waals surface area contributed by atoms with E-state index in [0.717, 1.165) is 11.4 Å². The average Bonchev–Trinajstić information content (AvgIpc) is 2.91. The molecular weight excluding hydrogens is 266 g/mol. The molecule has 0 unspecified atom stereocenters. The smallest absolute Gasteiger partial charge is 0.222 e. The van der Waals surface area contributed by atoms with E-state index in [2.05, 4.69) is 15.5 Å². The second kappa shape index (κ2) is 5.88. The van der Waals surface area contributed by atoms with Crippen LogP contribution in [0, 0.1) is 6.92 Å². The summed E-state index contributed by atoms with van der Waals surface area (Å²) in [6, 6.07) is 1.95. The molecule has 0 atom stereocenters. The third kappa shape index (κ3) is 3.82. The summed E-state index contributed by atoms with van der Waals surface area (Å²) in [6.45, 7) is 2.93. The van der Waals surface area contributed by atoms with Crippen molar-refractivity contribution in [3.63, 3.8) is 0 Å². The van der Waals surface area contributed by atoms with Gasteiger partial charge in [0, 0.05) is 31.9 Å². The van der Waals surface area contributed by atoms with Gasteiger partial charge in [-0.05, 0) is 13.0 Å². The van der Waals surface area contributed by atoms with Crippen molar-refractivity contribution in [3.8, 4) is 0 Å². The van der Waals surface area contributed by atoms with E-state index in [1.807, 2.05) is 20.0 Å². The highest BCUT2D eigenvalue weighted by molar-refractivity contribution is 6.30. The number of aromatic nitrogens is 4. The highest BCUT2D eigenvalue weighted by Gasteiger charge is 2.05. The zero-order valence-electron chi connectivity index (χ0n) is 10.9. The van der Waals surface area contributed by atoms with Gasteiger partial charge in [0.05, 0.1) is 23.5 Å². The molecule has 0 aromatic carbocycles. The summed E-state index contributed by atoms with van der Waals surface area (Å²) in [6.07, 6.45) is 3.61. The van der Waals surface area contributed by atoms with Gasteiger partial charge in [-0.25, -0.2) is 0 Å². The largest absolute Gasteiger partial charge is 0.350 e. The Morgan fingerprint density at radius 1 is 1.53 bits per heavy atom. The highest BCUT2D eigenvalue weighted by atomic mass is 35.5. The Morgan fingerprint density at radius 3 is 2.89 bits per heavy atom. The molecule has 0 aliphatic carbocycles. The predicted molar refractivity (Wildman–Crippen MR) is 71.6 cm³/mol. The molecule has 0 radical (unpaired) electrons. The molecule has 0 saturated carbocycles. The Bertz CT molecular complexity index is 555. The number of rotatable bonds is 5. The van der Waals surface area contributed by atoms with Crippen molar-refractivity contribution >= 4 is 17.5 Å². The Kier molecular flexibility index (Phi) is 4.21. The van der Waals surface area contributed by atoms with Crippen LogP contribution in [0.1, 0.15) is 17.8 Å². The molecule has 7 heteroatoms. The van der Waals surface area contributed by atoms with Crippen LogP contribution in [0.5, 0.6) is 0 Å². The van der Waals surface area contributed by atoms with Crippen LogP contribution >= 0.6 is 11.6 Å². The zero-order valence-corrected chi connectivity index (χ0v) is 11.7. The summed E-state index contributed by atoms with van der Waals surface area (Å²) in [7, 11) is 1.88. The van der Waals surface area contributed by atoms with Gasteiger partial charge in [0.1, 0.15) is 0 Å². The van der Waals surface area contributed by atoms with Crippen LogP contribution in [0.4, 0.5) is 0 Å². The van der Waals surface area contributed by atoms with Crippen molar-refractivity contribution in [2.45, 2.75) is 26.4 Å². The standard InChI is InChI=1S/C12H16ClN5O/c1-9-5-11(16-17(9)2)7-14-12(19)3-4-18-8-10(13)6-15-18/h5-6,8H,3-4,7H2,1-2H3,(H,14,19). The van der Waals surface area contributed by atoms with Crippen LogP contribution in [0.3, 0.4) is 0 Å². The van der Waals surface area contributed by atoms with Crippen LogP contribution in [-0.4, -0.2) is 25.5 Å². The fraction of sp³-hybridized carbons (Fsp3) is 0.417. The molecule has 6 nitrogen and oxygen atoms in total. The summed E-state index contributed by atoms with van der Waals surface area (Å²) >= 11 is 5.74. The van der Waals surface area contributed by atoms with E-state index in [0.29, 0.717) is 24.5 Å². The van der Waals surface area contributed by atoms with Crippen LogP contribution < -0.4 is 5.32 Å². The van der Waals surface area contributed by atoms with Crippen molar-refractivity contribution < 1.29 is 4.79 Å². The summed E-state index contributed by atoms with van der Waals surface area (Å²) in [5.74, 6) is -0.0325. The average molecular weight is 282 g/mol. The second-order valence-corrected chi connectivity index (χ2v) is 4.79. The fourth-order valence-corrected chi connectivity index (χ4v) is 1.83. The molecule has 0 bridgehead atoms. The van der Waals surface area contributed by atoms with E-state index < -0.39 is 0 Å². The number of aryl methyl sites for hydroxylation is 3. The maximum absolute atomic E-state index is 11.7. The zero-order chi connectivity index (χ0) is 13.8. The van der Waals surface area contributed by atoms with E-state index in [9.17, 15) is 4.79 Å². The number of carbonyl (C=O) groups excluding carboxylic acids is 1. The van der Waals surface area contributed by atoms with Crippen molar-refractivity contribution in [1.82, 2.24) is 24.9 Å². The highest BCUT2D eigenvalue weighted by Crippen LogP contribution is 2.05. The summed E-state index contributed by atoms with van der Waals surface area (Å²) in [4.78, 5) is 11.7. The third-order valence-electron chi connectivity index (χ3n) is 2.80. The molecule has 19 heavy (non-hydrogen) atoms. The SMILES string of the molecule is Cc1cc(CNC(=O)CCn2cc(Cl)cn2)nn1C. The van der Waals surface area contributed by atoms with E-state index >= 15 is 0 Å². The quantitative estimate of drug-likeness (QED) is 0.898. The summed E-state index contributed by atoms with van der Waals surface area (Å²) in [5, 5.41) is 11.7. The van der Waals surface area contributed by atoms with Gasteiger partial charge in [0.25, 0.3) is 0 Å². The minimum atomic E-state index is -0.0325. The molecule has 2 rings (SSSR count). The topological polar surface area (TPSA) is 64.7 Å². The number of amides is 1. The first kappa shape index (κ1) is 13.6. The first-order valence-electron chi connectivity index (χ1n) is 5.99. The minimum Gasteiger partial charge on any atom is -0.350 e. The number of nitrogens with zero attached hydrogens (tertiary/aromatic N) is 4. The van der Waals surface area contributed by atoms with E-state index in [-0.39, 0.29) is 5.91 Å². The summed E-state index contributed by atoms with van der Waals surface area (Å²) in [5.41, 5.74) is 1.92. The molecule has 1 amide bonds. The fourth-order valence-electron chi connectivity index (χ4n) is 1.68. The van der Waals surface area contributed by atoms with Gasteiger partial charge in [-0.2, -0.15) is 10.2 Å². The van der Waals surface area contributed by atoms with Gasteiger partial charge in [0.2, 0.25) is 5.91 Å². The normalized spacial score (nSPS) is 10.7. The van der Waals surface area contributed by atoms with Crippen LogP contribution in [0.15, 0.2) is 18.5 Å². The van der Waals surface area contributed by atoms with Crippen LogP contribution in [0.25, 0.3) is 0 Å². The second-order valence-electron chi connectivity index (χ2n) is 4.35. The first-order valence-corrected chi connectivity index (χ1v) is 6.36. The Balaban J connectivity index is 1.75. The maximum atomic E-state index is 11.7. The lowest BCUT2D eigenvalue weighted by Gasteiger charge is -2.03. The lowest BCUT2D eigenvalue weighted by atomic mass is 10.3. The Morgan fingerprint density at radius 2 is 2.32 bits per heavy atom. The predicted octanol–water partition coefficient (Wildman–Crippen LogP) is 1.28. The minimum absolute atomic E-state index is 0.0325. The molecule has 2 heterocycles.